The normalized spacial score (nSPS) is 12.8. The Bertz CT molecular complexity index is 677. The Hall–Kier alpha value is -2.68. The Balaban J connectivity index is 4.28. The highest BCUT2D eigenvalue weighted by Crippen LogP contribution is 2.10. The number of ether oxygens (including phenoxy) is 3. The van der Waals surface area contributed by atoms with Crippen LogP contribution in [-0.4, -0.2) is 63.3 Å². The predicted molar refractivity (Wildman–Crippen MR) is 153 cm³/mol. The molecule has 0 bridgehead atoms. The highest BCUT2D eigenvalue weighted by Gasteiger charge is 2.10. The average Bonchev–Trinajstić information content (AvgIpc) is 2.89. The quantitative estimate of drug-likeness (QED) is 0.0989. The van der Waals surface area contributed by atoms with Gasteiger partial charge in [-0.3, -0.25) is 19.2 Å². The summed E-state index contributed by atoms with van der Waals surface area (Å²) in [4.78, 5) is 45.4. The number of hydrogen-bond donors (Lipinski definition) is 2. The Morgan fingerprint density at radius 3 is 1.31 bits per heavy atom. The van der Waals surface area contributed by atoms with Crippen LogP contribution in [0.2, 0.25) is 0 Å². The molecule has 224 valence electrons. The molecule has 0 radical (unpaired) electrons. The summed E-state index contributed by atoms with van der Waals surface area (Å²) >= 11 is 0. The molecule has 0 aliphatic rings. The molecule has 0 aromatic heterocycles. The van der Waals surface area contributed by atoms with Gasteiger partial charge in [0.05, 0.1) is 39.5 Å². The van der Waals surface area contributed by atoms with Crippen molar-refractivity contribution in [1.29, 1.82) is 0 Å². The van der Waals surface area contributed by atoms with Gasteiger partial charge in [0.2, 0.25) is 11.8 Å². The molecule has 2 atom stereocenters. The lowest BCUT2D eigenvalue weighted by atomic mass is 10.1. The van der Waals surface area contributed by atoms with E-state index >= 15 is 0 Å². The van der Waals surface area contributed by atoms with Gasteiger partial charge in [-0.15, -0.1) is 0 Å². The van der Waals surface area contributed by atoms with Crippen molar-refractivity contribution < 1.29 is 33.4 Å². The molecule has 2 N–H and O–H groups in total. The van der Waals surface area contributed by atoms with Crippen molar-refractivity contribution in [2.24, 2.45) is 0 Å². The zero-order valence-corrected chi connectivity index (χ0v) is 24.6. The standard InChI is InChI=1S/C30H52N2O7/c1-25(33)31-27(19-15-11-7-5-9-13-17-21-29(35)37-3)23-39-24-28(32-26(2)34)20-16-12-8-6-10-14-18-22-30(36)38-4/h15-16,19-20,27-28H,5-14,17-18,21-24H2,1-4H3,(H,31,33)(H,32,34)/b19-15+,20-16+. The molecule has 0 spiro atoms. The highest BCUT2D eigenvalue weighted by molar-refractivity contribution is 5.74. The second-order valence-corrected chi connectivity index (χ2v) is 9.77. The van der Waals surface area contributed by atoms with Gasteiger partial charge >= 0.3 is 11.9 Å². The molecule has 0 rings (SSSR count). The first-order chi connectivity index (χ1) is 18.8. The van der Waals surface area contributed by atoms with E-state index in [9.17, 15) is 19.2 Å². The molecule has 9 nitrogen and oxygen atoms in total. The monoisotopic (exact) mass is 552 g/mol. The molecule has 0 aliphatic heterocycles. The number of nitrogens with one attached hydrogen (secondary N) is 2. The fraction of sp³-hybridized carbons (Fsp3) is 0.733. The highest BCUT2D eigenvalue weighted by atomic mass is 16.5. The van der Waals surface area contributed by atoms with Crippen LogP contribution in [0, 0.1) is 0 Å². The van der Waals surface area contributed by atoms with Crippen molar-refractivity contribution in [1.82, 2.24) is 10.6 Å². The van der Waals surface area contributed by atoms with Gasteiger partial charge in [0.25, 0.3) is 0 Å². The van der Waals surface area contributed by atoms with E-state index in [1.54, 1.807) is 0 Å². The zero-order valence-electron chi connectivity index (χ0n) is 24.6. The Morgan fingerprint density at radius 2 is 0.949 bits per heavy atom. The second-order valence-electron chi connectivity index (χ2n) is 9.77. The van der Waals surface area contributed by atoms with Crippen LogP contribution in [0.1, 0.15) is 104 Å². The lowest BCUT2D eigenvalue weighted by Gasteiger charge is -2.18. The number of amides is 2. The van der Waals surface area contributed by atoms with Crippen LogP contribution in [0.15, 0.2) is 24.3 Å². The summed E-state index contributed by atoms with van der Waals surface area (Å²) in [5.74, 6) is -0.550. The zero-order chi connectivity index (χ0) is 29.1. The van der Waals surface area contributed by atoms with Gasteiger partial charge in [-0.2, -0.15) is 0 Å². The van der Waals surface area contributed by atoms with E-state index in [1.165, 1.54) is 28.1 Å². The topological polar surface area (TPSA) is 120 Å². The fourth-order valence-corrected chi connectivity index (χ4v) is 3.98. The van der Waals surface area contributed by atoms with E-state index in [1.807, 2.05) is 12.2 Å². The van der Waals surface area contributed by atoms with Crippen molar-refractivity contribution in [2.45, 2.75) is 116 Å². The van der Waals surface area contributed by atoms with Crippen molar-refractivity contribution in [2.75, 3.05) is 27.4 Å². The Kier molecular flexibility index (Phi) is 23.8. The van der Waals surface area contributed by atoms with E-state index in [4.69, 9.17) is 4.74 Å². The summed E-state index contributed by atoms with van der Waals surface area (Å²) in [5, 5.41) is 5.79. The minimum Gasteiger partial charge on any atom is -0.469 e. The summed E-state index contributed by atoms with van der Waals surface area (Å²) in [5.41, 5.74) is 0. The van der Waals surface area contributed by atoms with E-state index < -0.39 is 0 Å². The van der Waals surface area contributed by atoms with Crippen molar-refractivity contribution in [3.05, 3.63) is 24.3 Å². The molecule has 0 saturated heterocycles. The predicted octanol–water partition coefficient (Wildman–Crippen LogP) is 4.93. The largest absolute Gasteiger partial charge is 0.469 e. The molecule has 0 aromatic rings. The number of methoxy groups -OCH3 is 2. The smallest absolute Gasteiger partial charge is 0.305 e. The average molecular weight is 553 g/mol. The second kappa shape index (κ2) is 25.6. The third-order valence-corrected chi connectivity index (χ3v) is 6.07. The summed E-state index contributed by atoms with van der Waals surface area (Å²) in [6.07, 6.45) is 21.0. The third-order valence-electron chi connectivity index (χ3n) is 6.07. The molecule has 0 aromatic carbocycles. The molecule has 39 heavy (non-hydrogen) atoms. The van der Waals surface area contributed by atoms with Crippen LogP contribution in [-0.2, 0) is 33.4 Å². The maximum Gasteiger partial charge on any atom is 0.305 e. The molecule has 0 saturated carbocycles. The molecular weight excluding hydrogens is 500 g/mol. The summed E-state index contributed by atoms with van der Waals surface area (Å²) in [6.45, 7) is 3.60. The minimum absolute atomic E-state index is 0.123. The van der Waals surface area contributed by atoms with E-state index in [-0.39, 0.29) is 35.8 Å². The SMILES string of the molecule is COC(=O)CCCCCCC/C=C/C(COCC(/C=C/CCCCCCCC(=O)OC)NC(C)=O)NC(C)=O. The number of carbonyl (C=O) groups is 4. The number of hydrogen-bond acceptors (Lipinski definition) is 7. The lowest BCUT2D eigenvalue weighted by molar-refractivity contribution is -0.141. The van der Waals surface area contributed by atoms with Gasteiger partial charge in [-0.25, -0.2) is 0 Å². The number of unbranched alkanes of at least 4 members (excludes halogenated alkanes) is 10. The van der Waals surface area contributed by atoms with Gasteiger partial charge in [-0.05, 0) is 38.5 Å². The van der Waals surface area contributed by atoms with Crippen LogP contribution in [0.25, 0.3) is 0 Å². The molecule has 2 amide bonds. The van der Waals surface area contributed by atoms with E-state index in [2.05, 4.69) is 32.3 Å². The molecule has 2 unspecified atom stereocenters. The first-order valence-electron chi connectivity index (χ1n) is 14.4. The van der Waals surface area contributed by atoms with Crippen molar-refractivity contribution in [3.63, 3.8) is 0 Å². The van der Waals surface area contributed by atoms with Crippen LogP contribution < -0.4 is 10.6 Å². The van der Waals surface area contributed by atoms with Crippen LogP contribution >= 0.6 is 0 Å². The summed E-state index contributed by atoms with van der Waals surface area (Å²) < 4.78 is 15.1. The third kappa shape index (κ3) is 25.4. The molecule has 0 fully saturated rings. The summed E-state index contributed by atoms with van der Waals surface area (Å²) in [7, 11) is 2.83. The summed E-state index contributed by atoms with van der Waals surface area (Å²) in [6, 6.07) is -0.465. The molecule has 0 aliphatic carbocycles. The number of allylic oxidation sites excluding steroid dienone is 2. The van der Waals surface area contributed by atoms with Gasteiger partial charge in [0.15, 0.2) is 0 Å². The van der Waals surface area contributed by atoms with Crippen LogP contribution in [0.4, 0.5) is 0 Å². The molecular formula is C30H52N2O7. The fourth-order valence-electron chi connectivity index (χ4n) is 3.98. The van der Waals surface area contributed by atoms with Crippen molar-refractivity contribution in [3.8, 4) is 0 Å². The lowest BCUT2D eigenvalue weighted by Crippen LogP contribution is -2.39. The van der Waals surface area contributed by atoms with E-state index in [0.29, 0.717) is 26.1 Å². The van der Waals surface area contributed by atoms with Gasteiger partial charge in [0.1, 0.15) is 0 Å². The number of esters is 2. The van der Waals surface area contributed by atoms with E-state index in [0.717, 1.165) is 77.0 Å². The number of carbonyl (C=O) groups excluding carboxylic acids is 4. The first kappa shape index (κ1) is 36.3. The Morgan fingerprint density at radius 1 is 0.590 bits per heavy atom. The van der Waals surface area contributed by atoms with Gasteiger partial charge in [-0.1, -0.05) is 62.8 Å². The molecule has 9 heteroatoms. The first-order valence-corrected chi connectivity index (χ1v) is 14.4. The van der Waals surface area contributed by atoms with Crippen LogP contribution in [0.5, 0.6) is 0 Å². The van der Waals surface area contributed by atoms with Crippen molar-refractivity contribution >= 4 is 23.8 Å². The molecule has 0 heterocycles. The minimum atomic E-state index is -0.233. The van der Waals surface area contributed by atoms with Crippen LogP contribution in [0.3, 0.4) is 0 Å². The van der Waals surface area contributed by atoms with Gasteiger partial charge in [0, 0.05) is 26.7 Å². The maximum absolute atomic E-state index is 11.6. The maximum atomic E-state index is 11.6. The Labute approximate surface area is 235 Å². The number of rotatable bonds is 24. The van der Waals surface area contributed by atoms with Gasteiger partial charge < -0.3 is 24.8 Å².